The maximum absolute atomic E-state index is 9.54. The molecule has 5 aromatic rings. The van der Waals surface area contributed by atoms with Crippen LogP contribution in [0.15, 0.2) is 107 Å². The van der Waals surface area contributed by atoms with Gasteiger partial charge in [0.15, 0.2) is 0 Å². The van der Waals surface area contributed by atoms with Gasteiger partial charge in [-0.3, -0.25) is 0 Å². The number of benzene rings is 4. The molecule has 0 bridgehead atoms. The minimum atomic E-state index is 0.222. The number of halogens is 1. The van der Waals surface area contributed by atoms with Gasteiger partial charge in [0.1, 0.15) is 17.3 Å². The average molecular weight is 451 g/mol. The zero-order chi connectivity index (χ0) is 22.6. The summed E-state index contributed by atoms with van der Waals surface area (Å²) in [5.41, 5.74) is 6.18. The number of fused-ring (bicyclic) bond motifs is 1. The van der Waals surface area contributed by atoms with Gasteiger partial charge in [0.05, 0.1) is 17.2 Å². The number of phenols is 1. The van der Waals surface area contributed by atoms with Crippen molar-refractivity contribution < 1.29 is 5.11 Å². The lowest BCUT2D eigenvalue weighted by molar-refractivity contribution is 0.475. The lowest BCUT2D eigenvalue weighted by Gasteiger charge is -2.05. The highest BCUT2D eigenvalue weighted by Crippen LogP contribution is 2.24. The third-order valence-electron chi connectivity index (χ3n) is 5.18. The summed E-state index contributed by atoms with van der Waals surface area (Å²) in [6, 6.07) is 30.3. The van der Waals surface area contributed by atoms with E-state index in [1.54, 1.807) is 18.3 Å². The number of imidazole rings is 1. The smallest absolute Gasteiger partial charge is 0.138 e. The summed E-state index contributed by atoms with van der Waals surface area (Å²) < 4.78 is 0. The molecule has 2 N–H and O–H groups in total. The molecular weight excluding hydrogens is 432 g/mol. The van der Waals surface area contributed by atoms with E-state index in [9.17, 15) is 5.11 Å². The summed E-state index contributed by atoms with van der Waals surface area (Å²) in [4.78, 5) is 8.04. The van der Waals surface area contributed by atoms with Crippen LogP contribution in [0.5, 0.6) is 5.75 Å². The van der Waals surface area contributed by atoms with Gasteiger partial charge in [-0.25, -0.2) is 4.98 Å². The van der Waals surface area contributed by atoms with Gasteiger partial charge in [-0.05, 0) is 54.1 Å². The van der Waals surface area contributed by atoms with E-state index < -0.39 is 0 Å². The Labute approximate surface area is 195 Å². The van der Waals surface area contributed by atoms with Crippen LogP contribution < -0.4 is 0 Å². The molecule has 0 atom stereocenters. The fraction of sp³-hybridized carbons (Fsp3) is 0. The third kappa shape index (κ3) is 4.68. The van der Waals surface area contributed by atoms with Crippen molar-refractivity contribution in [1.29, 1.82) is 0 Å². The normalized spacial score (nSPS) is 12.0. The van der Waals surface area contributed by atoms with Crippen molar-refractivity contribution in [3.8, 4) is 17.1 Å². The molecule has 0 saturated carbocycles. The van der Waals surface area contributed by atoms with Crippen LogP contribution in [0, 0.1) is 0 Å². The van der Waals surface area contributed by atoms with E-state index in [1.807, 2.05) is 84.9 Å². The lowest BCUT2D eigenvalue weighted by atomic mass is 10.0. The molecule has 5 rings (SSSR count). The molecule has 0 unspecified atom stereocenters. The third-order valence-corrected chi connectivity index (χ3v) is 5.43. The second-order valence-electron chi connectivity index (χ2n) is 7.47. The molecule has 0 spiro atoms. The molecule has 33 heavy (non-hydrogen) atoms. The fourth-order valence-electron chi connectivity index (χ4n) is 3.49. The summed E-state index contributed by atoms with van der Waals surface area (Å²) >= 11 is 5.96. The first-order chi connectivity index (χ1) is 16.2. The van der Waals surface area contributed by atoms with Crippen LogP contribution in [0.2, 0.25) is 5.02 Å². The number of hydrogen-bond donors (Lipinski definition) is 2. The number of aromatic amines is 1. The zero-order valence-corrected chi connectivity index (χ0v) is 18.2. The molecule has 0 amide bonds. The number of nitrogens with zero attached hydrogens (tertiary/aromatic N) is 3. The first kappa shape index (κ1) is 20.7. The van der Waals surface area contributed by atoms with Gasteiger partial charge in [0.25, 0.3) is 0 Å². The maximum atomic E-state index is 9.54. The highest BCUT2D eigenvalue weighted by atomic mass is 35.5. The lowest BCUT2D eigenvalue weighted by Crippen LogP contribution is -2.02. The van der Waals surface area contributed by atoms with Gasteiger partial charge in [-0.15, -0.1) is 5.10 Å². The summed E-state index contributed by atoms with van der Waals surface area (Å²) in [6.45, 7) is 0. The molecule has 0 fully saturated rings. The molecule has 1 aromatic heterocycles. The largest absolute Gasteiger partial charge is 0.508 e. The van der Waals surface area contributed by atoms with Crippen LogP contribution in [0.25, 0.3) is 22.4 Å². The first-order valence-electron chi connectivity index (χ1n) is 10.4. The van der Waals surface area contributed by atoms with E-state index in [2.05, 4.69) is 20.2 Å². The Morgan fingerprint density at radius 2 is 1.61 bits per heavy atom. The van der Waals surface area contributed by atoms with Crippen molar-refractivity contribution in [2.75, 3.05) is 0 Å². The molecule has 5 nitrogen and oxygen atoms in total. The van der Waals surface area contributed by atoms with E-state index in [0.29, 0.717) is 5.02 Å². The summed E-state index contributed by atoms with van der Waals surface area (Å²) in [7, 11) is 0. The number of aromatic nitrogens is 2. The molecule has 160 valence electrons. The fourth-order valence-corrected chi connectivity index (χ4v) is 3.62. The van der Waals surface area contributed by atoms with Crippen molar-refractivity contribution in [3.63, 3.8) is 0 Å². The van der Waals surface area contributed by atoms with E-state index in [-0.39, 0.29) is 5.75 Å². The van der Waals surface area contributed by atoms with E-state index in [0.717, 1.165) is 44.8 Å². The average Bonchev–Trinajstić information content (AvgIpc) is 3.27. The predicted molar refractivity (Wildman–Crippen MR) is 134 cm³/mol. The van der Waals surface area contributed by atoms with Gasteiger partial charge in [0, 0.05) is 21.7 Å². The van der Waals surface area contributed by atoms with Crippen LogP contribution in [0.1, 0.15) is 16.7 Å². The Balaban J connectivity index is 1.53. The Morgan fingerprint density at radius 1 is 0.848 bits per heavy atom. The summed E-state index contributed by atoms with van der Waals surface area (Å²) in [5, 5.41) is 19.1. The first-order valence-corrected chi connectivity index (χ1v) is 10.7. The number of aromatic hydroxyl groups is 1. The van der Waals surface area contributed by atoms with Gasteiger partial charge in [-0.2, -0.15) is 5.10 Å². The quantitative estimate of drug-likeness (QED) is 0.238. The predicted octanol–water partition coefficient (Wildman–Crippen LogP) is 6.46. The van der Waals surface area contributed by atoms with Crippen molar-refractivity contribution in [2.24, 2.45) is 10.2 Å². The Bertz CT molecular complexity index is 1450. The van der Waals surface area contributed by atoms with E-state index >= 15 is 0 Å². The molecule has 0 saturated heterocycles. The Hall–Kier alpha value is -4.22. The standard InChI is InChI=1S/C27H19ClN4O/c28-22-11-6-18(7-12-22)17-29-32-26(19-4-2-1-3-5-19)21-10-15-24-25(16-21)31-27(30-24)20-8-13-23(33)14-9-20/h1-17,33H,(H,30,31)/b29-17+,32-26-. The highest BCUT2D eigenvalue weighted by Gasteiger charge is 2.11. The molecule has 1 heterocycles. The second-order valence-corrected chi connectivity index (χ2v) is 7.91. The van der Waals surface area contributed by atoms with Crippen LogP contribution >= 0.6 is 11.6 Å². The molecule has 0 aliphatic rings. The molecule has 0 aliphatic heterocycles. The molecule has 4 aromatic carbocycles. The van der Waals surface area contributed by atoms with Gasteiger partial charge in [0.2, 0.25) is 0 Å². The maximum Gasteiger partial charge on any atom is 0.138 e. The minimum Gasteiger partial charge on any atom is -0.508 e. The van der Waals surface area contributed by atoms with Crippen LogP contribution in [-0.4, -0.2) is 27.0 Å². The number of rotatable bonds is 5. The second kappa shape index (κ2) is 9.10. The van der Waals surface area contributed by atoms with Crippen molar-refractivity contribution in [1.82, 2.24) is 9.97 Å². The Morgan fingerprint density at radius 3 is 2.36 bits per heavy atom. The van der Waals surface area contributed by atoms with Gasteiger partial charge < -0.3 is 10.1 Å². The monoisotopic (exact) mass is 450 g/mol. The number of hydrogen-bond acceptors (Lipinski definition) is 4. The topological polar surface area (TPSA) is 73.6 Å². The summed E-state index contributed by atoms with van der Waals surface area (Å²) in [5.74, 6) is 0.959. The van der Waals surface area contributed by atoms with Gasteiger partial charge in [-0.1, -0.05) is 60.1 Å². The van der Waals surface area contributed by atoms with Crippen molar-refractivity contribution >= 4 is 34.6 Å². The molecule has 0 aliphatic carbocycles. The zero-order valence-electron chi connectivity index (χ0n) is 17.5. The summed E-state index contributed by atoms with van der Waals surface area (Å²) in [6.07, 6.45) is 1.71. The highest BCUT2D eigenvalue weighted by molar-refractivity contribution is 6.30. The van der Waals surface area contributed by atoms with Crippen LogP contribution in [0.4, 0.5) is 0 Å². The SMILES string of the molecule is Oc1ccc(-c2nc3ccc(/C(=N\N=C\c4ccc(Cl)cc4)c4ccccc4)cc3[nH]2)cc1. The molecule has 6 heteroatoms. The van der Waals surface area contributed by atoms with Crippen LogP contribution in [-0.2, 0) is 0 Å². The Kier molecular flexibility index (Phi) is 5.70. The van der Waals surface area contributed by atoms with Gasteiger partial charge >= 0.3 is 0 Å². The van der Waals surface area contributed by atoms with E-state index in [4.69, 9.17) is 11.6 Å². The van der Waals surface area contributed by atoms with Crippen LogP contribution in [0.3, 0.4) is 0 Å². The minimum absolute atomic E-state index is 0.222. The number of nitrogens with one attached hydrogen (secondary N) is 1. The number of phenolic OH excluding ortho intramolecular Hbond substituents is 1. The molecule has 0 radical (unpaired) electrons. The van der Waals surface area contributed by atoms with Crippen molar-refractivity contribution in [2.45, 2.75) is 0 Å². The van der Waals surface area contributed by atoms with Crippen molar-refractivity contribution in [3.05, 3.63) is 119 Å². The van der Waals surface area contributed by atoms with E-state index in [1.165, 1.54) is 0 Å². The number of H-pyrrole nitrogens is 1. The molecular formula is C27H19ClN4O.